The first kappa shape index (κ1) is 19.9. The van der Waals surface area contributed by atoms with Crippen molar-refractivity contribution in [2.24, 2.45) is 0 Å². The number of nitrogens with zero attached hydrogens (tertiary/aromatic N) is 4. The molecule has 2 aromatic carbocycles. The SMILES string of the molecule is COc1ccc(/C=C(/C(=O)n2cnnn2)c2cc(OC)c(OC)c(OC)c2)cc1. The first-order valence-corrected chi connectivity index (χ1v) is 8.55. The maximum absolute atomic E-state index is 13.1. The first-order chi connectivity index (χ1) is 14.1. The number of ether oxygens (including phenoxy) is 4. The van der Waals surface area contributed by atoms with E-state index in [4.69, 9.17) is 18.9 Å². The van der Waals surface area contributed by atoms with Gasteiger partial charge in [-0.05, 0) is 51.9 Å². The lowest BCUT2D eigenvalue weighted by Gasteiger charge is -2.15. The number of tetrazole rings is 1. The summed E-state index contributed by atoms with van der Waals surface area (Å²) in [6, 6.07) is 10.7. The molecule has 0 aliphatic carbocycles. The zero-order valence-corrected chi connectivity index (χ0v) is 16.4. The summed E-state index contributed by atoms with van der Waals surface area (Å²) in [6.07, 6.45) is 2.96. The summed E-state index contributed by atoms with van der Waals surface area (Å²) in [5.41, 5.74) is 1.67. The van der Waals surface area contributed by atoms with E-state index in [1.165, 1.54) is 27.7 Å². The molecule has 0 saturated carbocycles. The van der Waals surface area contributed by atoms with Gasteiger partial charge in [-0.15, -0.1) is 5.10 Å². The van der Waals surface area contributed by atoms with Gasteiger partial charge in [0, 0.05) is 5.57 Å². The molecule has 0 atom stereocenters. The predicted octanol–water partition coefficient (Wildman–Crippen LogP) is 2.59. The third-order valence-corrected chi connectivity index (χ3v) is 4.19. The van der Waals surface area contributed by atoms with Gasteiger partial charge in [0.25, 0.3) is 5.91 Å². The Morgan fingerprint density at radius 2 is 1.59 bits per heavy atom. The molecule has 29 heavy (non-hydrogen) atoms. The number of hydrogen-bond acceptors (Lipinski definition) is 8. The fourth-order valence-corrected chi connectivity index (χ4v) is 2.75. The van der Waals surface area contributed by atoms with E-state index >= 15 is 0 Å². The van der Waals surface area contributed by atoms with Gasteiger partial charge < -0.3 is 18.9 Å². The van der Waals surface area contributed by atoms with Crippen molar-refractivity contribution in [2.45, 2.75) is 0 Å². The summed E-state index contributed by atoms with van der Waals surface area (Å²) in [5.74, 6) is 1.57. The van der Waals surface area contributed by atoms with Crippen LogP contribution in [0.1, 0.15) is 15.9 Å². The van der Waals surface area contributed by atoms with Crippen molar-refractivity contribution in [1.29, 1.82) is 0 Å². The van der Waals surface area contributed by atoms with Crippen LogP contribution in [-0.2, 0) is 0 Å². The Morgan fingerprint density at radius 1 is 0.931 bits per heavy atom. The summed E-state index contributed by atoms with van der Waals surface area (Å²) in [6.45, 7) is 0. The largest absolute Gasteiger partial charge is 0.497 e. The van der Waals surface area contributed by atoms with Gasteiger partial charge in [-0.1, -0.05) is 12.1 Å². The number of methoxy groups -OCH3 is 4. The Balaban J connectivity index is 2.17. The zero-order valence-electron chi connectivity index (χ0n) is 16.4. The molecule has 0 aliphatic heterocycles. The summed E-state index contributed by atoms with van der Waals surface area (Å²) in [5, 5.41) is 10.8. The molecule has 0 saturated heterocycles. The summed E-state index contributed by atoms with van der Waals surface area (Å²) in [7, 11) is 6.13. The van der Waals surface area contributed by atoms with Crippen molar-refractivity contribution < 1.29 is 23.7 Å². The van der Waals surface area contributed by atoms with Gasteiger partial charge in [-0.3, -0.25) is 4.79 Å². The van der Waals surface area contributed by atoms with Crippen LogP contribution in [0.5, 0.6) is 23.0 Å². The predicted molar refractivity (Wildman–Crippen MR) is 105 cm³/mol. The first-order valence-electron chi connectivity index (χ1n) is 8.55. The number of carbonyl (C=O) groups excluding carboxylic acids is 1. The van der Waals surface area contributed by atoms with Crippen molar-refractivity contribution in [2.75, 3.05) is 28.4 Å². The molecule has 3 aromatic rings. The number of aromatic nitrogens is 4. The van der Waals surface area contributed by atoms with Crippen LogP contribution >= 0.6 is 0 Å². The summed E-state index contributed by atoms with van der Waals surface area (Å²) >= 11 is 0. The second-order valence-corrected chi connectivity index (χ2v) is 5.80. The Kier molecular flexibility index (Phi) is 6.08. The molecule has 0 amide bonds. The highest BCUT2D eigenvalue weighted by Gasteiger charge is 2.21. The van der Waals surface area contributed by atoms with Gasteiger partial charge in [0.15, 0.2) is 11.5 Å². The lowest BCUT2D eigenvalue weighted by Crippen LogP contribution is -2.14. The summed E-state index contributed by atoms with van der Waals surface area (Å²) in [4.78, 5) is 13.1. The average Bonchev–Trinajstić information content (AvgIpc) is 3.31. The lowest BCUT2D eigenvalue weighted by atomic mass is 10.0. The molecule has 9 heteroatoms. The van der Waals surface area contributed by atoms with Crippen LogP contribution in [0, 0.1) is 0 Å². The van der Waals surface area contributed by atoms with Crippen LogP contribution in [0.4, 0.5) is 0 Å². The third kappa shape index (κ3) is 4.18. The minimum Gasteiger partial charge on any atom is -0.497 e. The minimum atomic E-state index is -0.417. The van der Waals surface area contributed by atoms with E-state index in [1.807, 2.05) is 12.1 Å². The van der Waals surface area contributed by atoms with E-state index < -0.39 is 5.91 Å². The number of benzene rings is 2. The molecule has 0 aliphatic rings. The van der Waals surface area contributed by atoms with Crippen molar-refractivity contribution in [3.8, 4) is 23.0 Å². The second-order valence-electron chi connectivity index (χ2n) is 5.80. The van der Waals surface area contributed by atoms with Gasteiger partial charge in [0.2, 0.25) is 5.75 Å². The molecule has 0 unspecified atom stereocenters. The second kappa shape index (κ2) is 8.87. The maximum atomic E-state index is 13.1. The molecule has 150 valence electrons. The minimum absolute atomic E-state index is 0.335. The highest BCUT2D eigenvalue weighted by molar-refractivity contribution is 6.25. The van der Waals surface area contributed by atoms with E-state index in [0.717, 1.165) is 10.2 Å². The Labute approximate surface area is 167 Å². The van der Waals surface area contributed by atoms with Crippen LogP contribution in [0.3, 0.4) is 0 Å². The molecule has 0 radical (unpaired) electrons. The van der Waals surface area contributed by atoms with E-state index in [-0.39, 0.29) is 0 Å². The fourth-order valence-electron chi connectivity index (χ4n) is 2.75. The molecule has 0 N–H and O–H groups in total. The Bertz CT molecular complexity index is 989. The van der Waals surface area contributed by atoms with Crippen LogP contribution in [0.15, 0.2) is 42.7 Å². The van der Waals surface area contributed by atoms with E-state index in [9.17, 15) is 4.79 Å². The average molecular weight is 396 g/mol. The highest BCUT2D eigenvalue weighted by atomic mass is 16.5. The van der Waals surface area contributed by atoms with Gasteiger partial charge in [-0.25, -0.2) is 0 Å². The van der Waals surface area contributed by atoms with E-state index in [1.54, 1.807) is 37.5 Å². The standard InChI is InChI=1S/C20H20N4O5/c1-26-15-7-5-13(6-8-15)9-16(20(25)24-12-21-22-23-24)14-10-17(27-2)19(29-4)18(11-14)28-3/h5-12H,1-4H3/b16-9+. The quantitative estimate of drug-likeness (QED) is 0.341. The molecular weight excluding hydrogens is 376 g/mol. The van der Waals surface area contributed by atoms with Crippen LogP contribution in [0.2, 0.25) is 0 Å². The van der Waals surface area contributed by atoms with Gasteiger partial charge in [0.1, 0.15) is 12.1 Å². The van der Waals surface area contributed by atoms with Crippen molar-refractivity contribution in [3.05, 3.63) is 53.9 Å². The molecule has 0 spiro atoms. The smallest absolute Gasteiger partial charge is 0.281 e. The fraction of sp³-hybridized carbons (Fsp3) is 0.200. The number of allylic oxidation sites excluding steroid dienone is 1. The lowest BCUT2D eigenvalue weighted by molar-refractivity contribution is 0.0963. The number of carbonyl (C=O) groups is 1. The summed E-state index contributed by atoms with van der Waals surface area (Å²) < 4.78 is 22.4. The van der Waals surface area contributed by atoms with Crippen LogP contribution in [0.25, 0.3) is 11.6 Å². The maximum Gasteiger partial charge on any atom is 0.281 e. The van der Waals surface area contributed by atoms with Gasteiger partial charge in [0.05, 0.1) is 28.4 Å². The number of hydrogen-bond donors (Lipinski definition) is 0. The van der Waals surface area contributed by atoms with Crippen molar-refractivity contribution in [3.63, 3.8) is 0 Å². The van der Waals surface area contributed by atoms with Crippen LogP contribution in [-0.4, -0.2) is 54.6 Å². The molecule has 1 heterocycles. The molecule has 1 aromatic heterocycles. The zero-order chi connectivity index (χ0) is 20.8. The van der Waals surface area contributed by atoms with E-state index in [2.05, 4.69) is 15.5 Å². The Morgan fingerprint density at radius 3 is 2.07 bits per heavy atom. The van der Waals surface area contributed by atoms with Crippen LogP contribution < -0.4 is 18.9 Å². The van der Waals surface area contributed by atoms with E-state index in [0.29, 0.717) is 34.1 Å². The third-order valence-electron chi connectivity index (χ3n) is 4.19. The monoisotopic (exact) mass is 396 g/mol. The van der Waals surface area contributed by atoms with Crippen molar-refractivity contribution >= 4 is 17.6 Å². The van der Waals surface area contributed by atoms with Gasteiger partial charge >= 0.3 is 0 Å². The Hall–Kier alpha value is -3.88. The molecule has 3 rings (SSSR count). The molecular formula is C20H20N4O5. The topological polar surface area (TPSA) is 97.6 Å². The normalized spacial score (nSPS) is 11.1. The molecule has 9 nitrogen and oxygen atoms in total. The van der Waals surface area contributed by atoms with Crippen molar-refractivity contribution in [1.82, 2.24) is 20.2 Å². The highest BCUT2D eigenvalue weighted by Crippen LogP contribution is 2.40. The number of rotatable bonds is 7. The molecule has 0 fully saturated rings. The molecule has 0 bridgehead atoms. The van der Waals surface area contributed by atoms with Gasteiger partial charge in [-0.2, -0.15) is 4.68 Å².